The fourth-order valence-electron chi connectivity index (χ4n) is 2.11. The first-order chi connectivity index (χ1) is 8.85. The van der Waals surface area contributed by atoms with E-state index in [4.69, 9.17) is 5.73 Å². The summed E-state index contributed by atoms with van der Waals surface area (Å²) in [7, 11) is 0. The van der Waals surface area contributed by atoms with Gasteiger partial charge in [-0.05, 0) is 37.8 Å². The van der Waals surface area contributed by atoms with Crippen molar-refractivity contribution in [2.45, 2.75) is 31.7 Å². The Labute approximate surface area is 111 Å². The van der Waals surface area contributed by atoms with Crippen LogP contribution in [-0.4, -0.2) is 18.0 Å². The fourth-order valence-corrected chi connectivity index (χ4v) is 2.11. The normalized spacial score (nSPS) is 22.2. The second kappa shape index (κ2) is 4.89. The number of amides is 1. The Kier molecular flexibility index (Phi) is 3.58. The van der Waals surface area contributed by atoms with Gasteiger partial charge in [-0.25, -0.2) is 8.78 Å². The first-order valence-corrected chi connectivity index (χ1v) is 6.32. The van der Waals surface area contributed by atoms with Crippen LogP contribution in [0.4, 0.5) is 8.78 Å². The third-order valence-corrected chi connectivity index (χ3v) is 3.48. The topological polar surface area (TPSA) is 55.1 Å². The molecule has 0 aliphatic heterocycles. The van der Waals surface area contributed by atoms with Gasteiger partial charge in [-0.3, -0.25) is 4.79 Å². The van der Waals surface area contributed by atoms with Crippen LogP contribution in [0.1, 0.15) is 31.7 Å². The lowest BCUT2D eigenvalue weighted by Gasteiger charge is -2.24. The van der Waals surface area contributed by atoms with E-state index in [1.54, 1.807) is 0 Å². The van der Waals surface area contributed by atoms with Crippen LogP contribution < -0.4 is 11.1 Å². The van der Waals surface area contributed by atoms with Gasteiger partial charge >= 0.3 is 0 Å². The summed E-state index contributed by atoms with van der Waals surface area (Å²) in [4.78, 5) is 12.0. The highest BCUT2D eigenvalue weighted by molar-refractivity contribution is 5.83. The molecule has 0 aromatic heterocycles. The molecule has 1 saturated carbocycles. The average molecular weight is 268 g/mol. The molecule has 5 heteroatoms. The molecule has 19 heavy (non-hydrogen) atoms. The van der Waals surface area contributed by atoms with Crippen molar-refractivity contribution in [3.8, 4) is 0 Å². The maximum Gasteiger partial charge on any atom is 0.224 e. The summed E-state index contributed by atoms with van der Waals surface area (Å²) in [5.41, 5.74) is 5.34. The molecule has 3 N–H and O–H groups in total. The van der Waals surface area contributed by atoms with E-state index in [1.165, 1.54) is 12.1 Å². The summed E-state index contributed by atoms with van der Waals surface area (Å²) >= 11 is 0. The molecule has 0 spiro atoms. The molecule has 0 heterocycles. The van der Waals surface area contributed by atoms with Crippen molar-refractivity contribution in [2.75, 3.05) is 6.54 Å². The van der Waals surface area contributed by atoms with E-state index in [0.29, 0.717) is 13.0 Å². The van der Waals surface area contributed by atoms with Crippen LogP contribution in [0.15, 0.2) is 18.2 Å². The van der Waals surface area contributed by atoms with Crippen LogP contribution >= 0.6 is 0 Å². The van der Waals surface area contributed by atoms with Gasteiger partial charge in [0.05, 0.1) is 0 Å². The molecule has 0 radical (unpaired) electrons. The number of nitrogens with two attached hydrogens (primary N) is 1. The lowest BCUT2D eigenvalue weighted by atomic mass is 10.0. The number of benzene rings is 1. The van der Waals surface area contributed by atoms with Gasteiger partial charge in [-0.1, -0.05) is 12.1 Å². The predicted molar refractivity (Wildman–Crippen MR) is 68.5 cm³/mol. The van der Waals surface area contributed by atoms with Crippen molar-refractivity contribution in [2.24, 2.45) is 11.7 Å². The third-order valence-electron chi connectivity index (χ3n) is 3.48. The highest BCUT2D eigenvalue weighted by atomic mass is 19.2. The van der Waals surface area contributed by atoms with Crippen LogP contribution in [0.25, 0.3) is 0 Å². The van der Waals surface area contributed by atoms with Crippen LogP contribution in [0.3, 0.4) is 0 Å². The molecule has 3 nitrogen and oxygen atoms in total. The molecule has 1 aliphatic carbocycles. The van der Waals surface area contributed by atoms with Gasteiger partial charge < -0.3 is 11.1 Å². The summed E-state index contributed by atoms with van der Waals surface area (Å²) in [6.45, 7) is 3.97. The monoisotopic (exact) mass is 268 g/mol. The second-order valence-electron chi connectivity index (χ2n) is 5.67. The summed E-state index contributed by atoms with van der Waals surface area (Å²) in [5, 5.41) is 2.82. The van der Waals surface area contributed by atoms with E-state index in [-0.39, 0.29) is 23.3 Å². The largest absolute Gasteiger partial charge is 0.350 e. The molecule has 2 rings (SSSR count). The molecule has 2 unspecified atom stereocenters. The zero-order chi connectivity index (χ0) is 14.2. The first-order valence-electron chi connectivity index (χ1n) is 6.32. The van der Waals surface area contributed by atoms with Gasteiger partial charge in [0, 0.05) is 18.0 Å². The number of carbonyl (C=O) groups is 1. The molecule has 0 bridgehead atoms. The third kappa shape index (κ3) is 2.92. The minimum absolute atomic E-state index is 0.149. The van der Waals surface area contributed by atoms with E-state index in [0.717, 1.165) is 6.07 Å². The van der Waals surface area contributed by atoms with Crippen molar-refractivity contribution >= 4 is 5.91 Å². The number of halogens is 2. The minimum Gasteiger partial charge on any atom is -0.350 e. The molecule has 104 valence electrons. The quantitative estimate of drug-likeness (QED) is 0.876. The van der Waals surface area contributed by atoms with Crippen LogP contribution in [0.5, 0.6) is 0 Å². The Hall–Kier alpha value is -1.49. The molecule has 1 aliphatic rings. The average Bonchev–Trinajstić information content (AvgIpc) is 3.12. The van der Waals surface area contributed by atoms with Crippen LogP contribution in [-0.2, 0) is 4.79 Å². The number of rotatable bonds is 4. The zero-order valence-electron chi connectivity index (χ0n) is 11.0. The Bertz CT molecular complexity index is 502. The lowest BCUT2D eigenvalue weighted by Crippen LogP contribution is -2.49. The van der Waals surface area contributed by atoms with Crippen molar-refractivity contribution in [3.63, 3.8) is 0 Å². The van der Waals surface area contributed by atoms with Gasteiger partial charge in [0.25, 0.3) is 0 Å². The number of nitrogens with one attached hydrogen (secondary N) is 1. The minimum atomic E-state index is -0.870. The van der Waals surface area contributed by atoms with Crippen molar-refractivity contribution in [1.82, 2.24) is 5.32 Å². The smallest absolute Gasteiger partial charge is 0.224 e. The van der Waals surface area contributed by atoms with Crippen molar-refractivity contribution < 1.29 is 13.6 Å². The Morgan fingerprint density at radius 2 is 2.16 bits per heavy atom. The van der Waals surface area contributed by atoms with Gasteiger partial charge in [0.1, 0.15) is 0 Å². The molecule has 2 atom stereocenters. The molecule has 1 amide bonds. The van der Waals surface area contributed by atoms with E-state index >= 15 is 0 Å². The van der Waals surface area contributed by atoms with Gasteiger partial charge in [0.2, 0.25) is 5.91 Å². The molecular formula is C14H18F2N2O. The van der Waals surface area contributed by atoms with Crippen molar-refractivity contribution in [3.05, 3.63) is 35.4 Å². The summed E-state index contributed by atoms with van der Waals surface area (Å²) in [5.74, 6) is -2.39. The Morgan fingerprint density at radius 1 is 1.47 bits per heavy atom. The number of hydrogen-bond acceptors (Lipinski definition) is 2. The van der Waals surface area contributed by atoms with Crippen LogP contribution in [0, 0.1) is 17.6 Å². The molecule has 1 aromatic carbocycles. The van der Waals surface area contributed by atoms with E-state index in [9.17, 15) is 13.6 Å². The van der Waals surface area contributed by atoms with Crippen molar-refractivity contribution in [1.29, 1.82) is 0 Å². The maximum absolute atomic E-state index is 13.6. The predicted octanol–water partition coefficient (Wildman–Crippen LogP) is 1.92. The van der Waals surface area contributed by atoms with E-state index < -0.39 is 17.2 Å². The number of carbonyl (C=O) groups excluding carboxylic acids is 1. The van der Waals surface area contributed by atoms with E-state index in [1.807, 2.05) is 13.8 Å². The first kappa shape index (κ1) is 13.9. The SMILES string of the molecule is CC(C)(CN)NC(=O)C1CC1c1cccc(F)c1F. The van der Waals surface area contributed by atoms with Gasteiger partial charge in [-0.15, -0.1) is 0 Å². The summed E-state index contributed by atoms with van der Waals surface area (Å²) in [6.07, 6.45) is 0.548. The fraction of sp³-hybridized carbons (Fsp3) is 0.500. The standard InChI is InChI=1S/C14H18F2N2O/c1-14(2,7-17)18-13(19)10-6-9(10)8-4-3-5-11(15)12(8)16/h3-5,9-10H,6-7,17H2,1-2H3,(H,18,19). The molecule has 0 saturated heterocycles. The summed E-state index contributed by atoms with van der Waals surface area (Å²) in [6, 6.07) is 4.07. The maximum atomic E-state index is 13.6. The van der Waals surface area contributed by atoms with Crippen LogP contribution in [0.2, 0.25) is 0 Å². The van der Waals surface area contributed by atoms with E-state index in [2.05, 4.69) is 5.32 Å². The number of hydrogen-bond donors (Lipinski definition) is 2. The Morgan fingerprint density at radius 3 is 2.79 bits per heavy atom. The molecule has 1 aromatic rings. The van der Waals surface area contributed by atoms with Gasteiger partial charge in [-0.2, -0.15) is 0 Å². The Balaban J connectivity index is 2.05. The zero-order valence-corrected chi connectivity index (χ0v) is 11.0. The lowest BCUT2D eigenvalue weighted by molar-refractivity contribution is -0.123. The highest BCUT2D eigenvalue weighted by Gasteiger charge is 2.46. The van der Waals surface area contributed by atoms with Gasteiger partial charge in [0.15, 0.2) is 11.6 Å². The second-order valence-corrected chi connectivity index (χ2v) is 5.67. The molecule has 1 fully saturated rings. The highest BCUT2D eigenvalue weighted by Crippen LogP contribution is 2.48. The summed E-state index contributed by atoms with van der Waals surface area (Å²) < 4.78 is 26.7. The molecular weight excluding hydrogens is 250 g/mol.